The molecule has 0 amide bonds. The minimum Gasteiger partial charge on any atom is -0.379 e. The highest BCUT2D eigenvalue weighted by Crippen LogP contribution is 1.94. The molecule has 0 aliphatic carbocycles. The van der Waals surface area contributed by atoms with Crippen molar-refractivity contribution >= 4 is 33.9 Å². The van der Waals surface area contributed by atoms with Gasteiger partial charge in [0.1, 0.15) is 0 Å². The molecule has 0 aromatic carbocycles. The van der Waals surface area contributed by atoms with Crippen molar-refractivity contribution in [3.63, 3.8) is 0 Å². The number of thioether (sulfide) groups is 1. The zero-order valence-electron chi connectivity index (χ0n) is 7.13. The Balaban J connectivity index is 0. The molecule has 0 rings (SSSR count). The maximum atomic E-state index is 6.88. The van der Waals surface area contributed by atoms with E-state index < -0.39 is 0 Å². The van der Waals surface area contributed by atoms with Gasteiger partial charge in [-0.25, -0.2) is 5.48 Å². The second-order valence-corrected chi connectivity index (χ2v) is 3.09. The van der Waals surface area contributed by atoms with Gasteiger partial charge in [-0.2, -0.15) is 0 Å². The van der Waals surface area contributed by atoms with Crippen molar-refractivity contribution in [2.24, 2.45) is 5.73 Å². The molecule has 74 valence electrons. The maximum absolute atomic E-state index is 6.88. The standard InChI is InChI=1S/C6H15N3OS.BrH/c1-2-4-10-9-3-5-11-6(7)8;/h9H,2-5H2,1H3,(H3,7,8);1H. The lowest BCUT2D eigenvalue weighted by Crippen LogP contribution is -2.19. The fourth-order valence-electron chi connectivity index (χ4n) is 0.449. The fraction of sp³-hybridized carbons (Fsp3) is 0.833. The first kappa shape index (κ1) is 14.7. The van der Waals surface area contributed by atoms with Gasteiger partial charge in [0.15, 0.2) is 5.17 Å². The molecule has 0 atom stereocenters. The summed E-state index contributed by atoms with van der Waals surface area (Å²) in [6, 6.07) is 0. The van der Waals surface area contributed by atoms with Crippen molar-refractivity contribution < 1.29 is 4.84 Å². The maximum Gasteiger partial charge on any atom is 0.151 e. The first-order chi connectivity index (χ1) is 5.27. The smallest absolute Gasteiger partial charge is 0.151 e. The third-order valence-electron chi connectivity index (χ3n) is 0.870. The predicted octanol–water partition coefficient (Wildman–Crippen LogP) is 1.12. The molecule has 4 nitrogen and oxygen atoms in total. The summed E-state index contributed by atoms with van der Waals surface area (Å²) >= 11 is 1.31. The van der Waals surface area contributed by atoms with E-state index in [9.17, 15) is 0 Å². The Morgan fingerprint density at radius 1 is 1.67 bits per heavy atom. The van der Waals surface area contributed by atoms with Gasteiger partial charge in [-0.05, 0) is 6.42 Å². The molecule has 0 spiro atoms. The Labute approximate surface area is 87.8 Å². The van der Waals surface area contributed by atoms with Crippen LogP contribution in [0, 0.1) is 5.41 Å². The first-order valence-electron chi connectivity index (χ1n) is 3.58. The SMILES string of the molecule is Br.CCCONCCSC(=N)N. The second kappa shape index (κ2) is 11.2. The number of hydroxylamine groups is 1. The topological polar surface area (TPSA) is 71.1 Å². The van der Waals surface area contributed by atoms with Crippen LogP contribution in [0.25, 0.3) is 0 Å². The van der Waals surface area contributed by atoms with Gasteiger partial charge in [0.2, 0.25) is 0 Å². The summed E-state index contributed by atoms with van der Waals surface area (Å²) in [5.41, 5.74) is 7.88. The average molecular weight is 258 g/mol. The lowest BCUT2D eigenvalue weighted by atomic mass is 10.5. The molecule has 0 fully saturated rings. The molecular formula is C6H16BrN3OS. The molecule has 4 N–H and O–H groups in total. The molecule has 0 saturated carbocycles. The van der Waals surface area contributed by atoms with E-state index in [1.807, 2.05) is 6.92 Å². The highest BCUT2D eigenvalue weighted by Gasteiger charge is 1.89. The molecular weight excluding hydrogens is 242 g/mol. The van der Waals surface area contributed by atoms with Crippen molar-refractivity contribution in [2.75, 3.05) is 18.9 Å². The summed E-state index contributed by atoms with van der Waals surface area (Å²) in [6.45, 7) is 3.50. The van der Waals surface area contributed by atoms with E-state index in [1.165, 1.54) is 11.8 Å². The third-order valence-corrected chi connectivity index (χ3v) is 1.59. The summed E-state index contributed by atoms with van der Waals surface area (Å²) in [5, 5.41) is 7.04. The number of halogens is 1. The molecule has 0 heterocycles. The van der Waals surface area contributed by atoms with Crippen molar-refractivity contribution in [3.05, 3.63) is 0 Å². The summed E-state index contributed by atoms with van der Waals surface area (Å²) in [6.07, 6.45) is 1.01. The monoisotopic (exact) mass is 257 g/mol. The zero-order valence-corrected chi connectivity index (χ0v) is 9.66. The van der Waals surface area contributed by atoms with Gasteiger partial charge in [0, 0.05) is 12.3 Å². The van der Waals surface area contributed by atoms with Gasteiger partial charge in [-0.15, -0.1) is 17.0 Å². The largest absolute Gasteiger partial charge is 0.379 e. The lowest BCUT2D eigenvalue weighted by Gasteiger charge is -2.02. The Morgan fingerprint density at radius 3 is 2.83 bits per heavy atom. The fourth-order valence-corrected chi connectivity index (χ4v) is 0.854. The van der Waals surface area contributed by atoms with Crippen LogP contribution in [0.1, 0.15) is 13.3 Å². The Morgan fingerprint density at radius 2 is 2.33 bits per heavy atom. The van der Waals surface area contributed by atoms with E-state index >= 15 is 0 Å². The summed E-state index contributed by atoms with van der Waals surface area (Å²) < 4.78 is 0. The first-order valence-corrected chi connectivity index (χ1v) is 4.57. The summed E-state index contributed by atoms with van der Waals surface area (Å²) in [7, 11) is 0. The molecule has 0 aliphatic heterocycles. The van der Waals surface area contributed by atoms with Gasteiger partial charge < -0.3 is 10.6 Å². The Hall–Kier alpha value is 0.220. The van der Waals surface area contributed by atoms with E-state index in [0.717, 1.165) is 25.3 Å². The number of amidine groups is 1. The van der Waals surface area contributed by atoms with Crippen LogP contribution in [0.2, 0.25) is 0 Å². The van der Waals surface area contributed by atoms with Crippen LogP contribution in [0.5, 0.6) is 0 Å². The molecule has 12 heavy (non-hydrogen) atoms. The number of rotatable bonds is 6. The quantitative estimate of drug-likeness (QED) is 0.289. The van der Waals surface area contributed by atoms with Crippen molar-refractivity contribution in [2.45, 2.75) is 13.3 Å². The van der Waals surface area contributed by atoms with Crippen LogP contribution in [-0.4, -0.2) is 24.1 Å². The molecule has 6 heteroatoms. The van der Waals surface area contributed by atoms with E-state index in [1.54, 1.807) is 0 Å². The minimum atomic E-state index is 0. The van der Waals surface area contributed by atoms with Gasteiger partial charge in [-0.1, -0.05) is 18.7 Å². The Kier molecular flexibility index (Phi) is 13.8. The Bertz CT molecular complexity index is 115. The van der Waals surface area contributed by atoms with E-state index in [-0.39, 0.29) is 22.1 Å². The normalized spacial score (nSPS) is 9.08. The van der Waals surface area contributed by atoms with Gasteiger partial charge in [-0.3, -0.25) is 5.41 Å². The summed E-state index contributed by atoms with van der Waals surface area (Å²) in [4.78, 5) is 4.99. The number of nitrogens with two attached hydrogens (primary N) is 1. The number of hydrogen-bond donors (Lipinski definition) is 3. The van der Waals surface area contributed by atoms with Crippen molar-refractivity contribution in [1.82, 2.24) is 5.48 Å². The zero-order chi connectivity index (χ0) is 8.53. The second-order valence-electron chi connectivity index (χ2n) is 1.96. The number of nitrogens with one attached hydrogen (secondary N) is 2. The van der Waals surface area contributed by atoms with Crippen LogP contribution in [0.4, 0.5) is 0 Å². The van der Waals surface area contributed by atoms with Crippen LogP contribution in [0.15, 0.2) is 0 Å². The molecule has 0 unspecified atom stereocenters. The number of hydrogen-bond acceptors (Lipinski definition) is 4. The van der Waals surface area contributed by atoms with E-state index in [0.29, 0.717) is 0 Å². The molecule has 0 saturated heterocycles. The average Bonchev–Trinajstić information content (AvgIpc) is 1.96. The van der Waals surface area contributed by atoms with Gasteiger partial charge >= 0.3 is 0 Å². The molecule has 0 bridgehead atoms. The van der Waals surface area contributed by atoms with Gasteiger partial charge in [0.05, 0.1) is 6.61 Å². The third kappa shape index (κ3) is 12.9. The highest BCUT2D eigenvalue weighted by atomic mass is 79.9. The van der Waals surface area contributed by atoms with Crippen LogP contribution < -0.4 is 11.2 Å². The van der Waals surface area contributed by atoms with Crippen LogP contribution in [-0.2, 0) is 4.84 Å². The molecule has 0 aromatic heterocycles. The van der Waals surface area contributed by atoms with Crippen molar-refractivity contribution in [1.29, 1.82) is 5.41 Å². The van der Waals surface area contributed by atoms with E-state index in [4.69, 9.17) is 16.0 Å². The predicted molar refractivity (Wildman–Crippen MR) is 58.9 cm³/mol. The van der Waals surface area contributed by atoms with Crippen molar-refractivity contribution in [3.8, 4) is 0 Å². The molecule has 0 radical (unpaired) electrons. The minimum absolute atomic E-state index is 0. The van der Waals surface area contributed by atoms with Crippen LogP contribution in [0.3, 0.4) is 0 Å². The summed E-state index contributed by atoms with van der Waals surface area (Å²) in [5.74, 6) is 0.777. The molecule has 0 aliphatic rings. The lowest BCUT2D eigenvalue weighted by molar-refractivity contribution is 0.0458. The molecule has 0 aromatic rings. The van der Waals surface area contributed by atoms with Crippen LogP contribution >= 0.6 is 28.7 Å². The highest BCUT2D eigenvalue weighted by molar-refractivity contribution is 8.93. The van der Waals surface area contributed by atoms with Gasteiger partial charge in [0.25, 0.3) is 0 Å². The van der Waals surface area contributed by atoms with E-state index in [2.05, 4.69) is 5.48 Å².